The van der Waals surface area contributed by atoms with E-state index < -0.39 is 0 Å². The van der Waals surface area contributed by atoms with Crippen LogP contribution in [0.1, 0.15) is 0 Å². The van der Waals surface area contributed by atoms with Gasteiger partial charge in [0.1, 0.15) is 0 Å². The number of rotatable bonds is 0. The summed E-state index contributed by atoms with van der Waals surface area (Å²) < 4.78 is 0. The second-order valence-electron chi connectivity index (χ2n) is 2.63. The maximum absolute atomic E-state index is 4.81. The van der Waals surface area contributed by atoms with Crippen molar-refractivity contribution in [1.82, 2.24) is 0 Å². The normalized spacial score (nSPS) is 8.00. The molecule has 0 aliphatic carbocycles. The molecule has 2 aromatic rings. The minimum atomic E-state index is 0. The molecule has 0 bridgehead atoms. The molecule has 2 rings (SSSR count). The second-order valence-corrected chi connectivity index (χ2v) is 3.57. The molecule has 0 atom stereocenters. The molecular formula is C12H10BaS2. The molecule has 3 heteroatoms. The van der Waals surface area contributed by atoms with Crippen LogP contribution in [0.4, 0.5) is 0 Å². The first-order valence-corrected chi connectivity index (χ1v) is 5.05. The Bertz CT molecular complexity index is 311. The third-order valence-corrected chi connectivity index (χ3v) is 2.03. The molecule has 2 aromatic carbocycles. The third-order valence-electron chi connectivity index (χ3n) is 1.49. The van der Waals surface area contributed by atoms with Crippen molar-refractivity contribution < 1.29 is 0 Å². The van der Waals surface area contributed by atoms with E-state index in [1.165, 1.54) is 0 Å². The summed E-state index contributed by atoms with van der Waals surface area (Å²) in [5.41, 5.74) is 0. The van der Waals surface area contributed by atoms with Gasteiger partial charge in [0, 0.05) is 0 Å². The van der Waals surface area contributed by atoms with Crippen molar-refractivity contribution >= 4 is 74.1 Å². The van der Waals surface area contributed by atoms with Crippen molar-refractivity contribution in [2.24, 2.45) is 0 Å². The van der Waals surface area contributed by atoms with Crippen LogP contribution in [0.2, 0.25) is 0 Å². The van der Waals surface area contributed by atoms with E-state index in [-0.39, 0.29) is 48.9 Å². The second kappa shape index (κ2) is 9.66. The van der Waals surface area contributed by atoms with Gasteiger partial charge in [-0.05, 0) is 0 Å². The molecule has 15 heavy (non-hydrogen) atoms. The van der Waals surface area contributed by atoms with Crippen molar-refractivity contribution in [2.45, 2.75) is 9.79 Å². The van der Waals surface area contributed by atoms with Crippen LogP contribution in [0, 0.1) is 0 Å². The summed E-state index contributed by atoms with van der Waals surface area (Å²) >= 11 is 9.62. The molecule has 0 aliphatic heterocycles. The maximum atomic E-state index is 4.81. The number of benzene rings is 2. The third kappa shape index (κ3) is 8.28. The van der Waals surface area contributed by atoms with Crippen LogP contribution in [0.3, 0.4) is 0 Å². The standard InChI is InChI=1S/2C6H6S.Ba/c2*7-6-4-2-1-3-5-6;/h2*1-5,7H;/q;;+2/p-2. The molecule has 0 saturated heterocycles. The van der Waals surface area contributed by atoms with Gasteiger partial charge >= 0.3 is 48.9 Å². The Morgan fingerprint density at radius 3 is 0.933 bits per heavy atom. The van der Waals surface area contributed by atoms with E-state index in [1.54, 1.807) is 0 Å². The van der Waals surface area contributed by atoms with Crippen LogP contribution >= 0.6 is 0 Å². The average molecular weight is 356 g/mol. The van der Waals surface area contributed by atoms with Crippen molar-refractivity contribution in [2.75, 3.05) is 0 Å². The van der Waals surface area contributed by atoms with Crippen LogP contribution in [0.25, 0.3) is 0 Å². The molecule has 0 spiro atoms. The van der Waals surface area contributed by atoms with Gasteiger partial charge in [-0.25, -0.2) is 0 Å². The maximum Gasteiger partial charge on any atom is 2.00 e. The zero-order valence-electron chi connectivity index (χ0n) is 8.30. The molecule has 0 amide bonds. The fraction of sp³-hybridized carbons (Fsp3) is 0. The monoisotopic (exact) mass is 356 g/mol. The summed E-state index contributed by atoms with van der Waals surface area (Å²) in [6, 6.07) is 19.2. The summed E-state index contributed by atoms with van der Waals surface area (Å²) in [6.45, 7) is 0. The minimum absolute atomic E-state index is 0. The predicted molar refractivity (Wildman–Crippen MR) is 69.9 cm³/mol. The van der Waals surface area contributed by atoms with Crippen LogP contribution in [-0.4, -0.2) is 48.9 Å². The summed E-state index contributed by atoms with van der Waals surface area (Å²) in [6.07, 6.45) is 0. The largest absolute Gasteiger partial charge is 2.00 e. The van der Waals surface area contributed by atoms with Crippen molar-refractivity contribution in [1.29, 1.82) is 0 Å². The van der Waals surface area contributed by atoms with Gasteiger partial charge in [-0.1, -0.05) is 60.7 Å². The molecule has 0 nitrogen and oxygen atoms in total. The van der Waals surface area contributed by atoms with Crippen molar-refractivity contribution in [3.05, 3.63) is 60.7 Å². The summed E-state index contributed by atoms with van der Waals surface area (Å²) in [4.78, 5) is 1.81. The van der Waals surface area contributed by atoms with Gasteiger partial charge in [-0.15, -0.1) is 0 Å². The Kier molecular flexibility index (Phi) is 9.95. The van der Waals surface area contributed by atoms with E-state index >= 15 is 0 Å². The topological polar surface area (TPSA) is 0 Å². The Labute approximate surface area is 142 Å². The quantitative estimate of drug-likeness (QED) is 0.526. The fourth-order valence-electron chi connectivity index (χ4n) is 0.841. The average Bonchev–Trinajstić information content (AvgIpc) is 2.21. The number of hydrogen-bond acceptors (Lipinski definition) is 2. The molecule has 0 aliphatic rings. The predicted octanol–water partition coefficient (Wildman–Crippen LogP) is 2.80. The van der Waals surface area contributed by atoms with E-state index in [9.17, 15) is 0 Å². The Hall–Kier alpha value is 0.451. The zero-order valence-corrected chi connectivity index (χ0v) is 14.4. The van der Waals surface area contributed by atoms with Crippen molar-refractivity contribution in [3.63, 3.8) is 0 Å². The SMILES string of the molecule is [Ba+2].[S-]c1ccccc1.[S-]c1ccccc1. The van der Waals surface area contributed by atoms with E-state index in [2.05, 4.69) is 0 Å². The molecule has 0 aromatic heterocycles. The van der Waals surface area contributed by atoms with E-state index in [0.717, 1.165) is 9.79 Å². The molecule has 0 unspecified atom stereocenters. The molecule has 0 saturated carbocycles. The molecule has 0 heterocycles. The first kappa shape index (κ1) is 15.5. The molecular weight excluding hydrogens is 346 g/mol. The summed E-state index contributed by atoms with van der Waals surface area (Å²) in [5, 5.41) is 0. The summed E-state index contributed by atoms with van der Waals surface area (Å²) in [7, 11) is 0. The summed E-state index contributed by atoms with van der Waals surface area (Å²) in [5.74, 6) is 0. The Morgan fingerprint density at radius 2 is 0.800 bits per heavy atom. The van der Waals surface area contributed by atoms with Crippen LogP contribution < -0.4 is 0 Å². The smallest absolute Gasteiger partial charge is 0.780 e. The van der Waals surface area contributed by atoms with Gasteiger partial charge in [0.15, 0.2) is 0 Å². The fourth-order valence-corrected chi connectivity index (χ4v) is 1.16. The Morgan fingerprint density at radius 1 is 0.533 bits per heavy atom. The minimum Gasteiger partial charge on any atom is -0.780 e. The number of hydrogen-bond donors (Lipinski definition) is 0. The van der Waals surface area contributed by atoms with Crippen LogP contribution in [0.15, 0.2) is 70.5 Å². The Balaban J connectivity index is 0.000000245. The van der Waals surface area contributed by atoms with Crippen molar-refractivity contribution in [3.8, 4) is 0 Å². The van der Waals surface area contributed by atoms with Gasteiger partial charge < -0.3 is 25.3 Å². The van der Waals surface area contributed by atoms with E-state index in [0.29, 0.717) is 0 Å². The van der Waals surface area contributed by atoms with E-state index in [1.807, 2.05) is 60.7 Å². The molecule has 0 radical (unpaired) electrons. The zero-order chi connectivity index (χ0) is 10.2. The van der Waals surface area contributed by atoms with Gasteiger partial charge in [-0.2, -0.15) is 9.79 Å². The van der Waals surface area contributed by atoms with Crippen LogP contribution in [0.5, 0.6) is 0 Å². The van der Waals surface area contributed by atoms with E-state index in [4.69, 9.17) is 25.3 Å². The molecule has 72 valence electrons. The van der Waals surface area contributed by atoms with Crippen LogP contribution in [-0.2, 0) is 25.3 Å². The van der Waals surface area contributed by atoms with Gasteiger partial charge in [-0.3, -0.25) is 0 Å². The first-order chi connectivity index (χ1) is 6.79. The molecule has 0 N–H and O–H groups in total. The molecule has 0 fully saturated rings. The van der Waals surface area contributed by atoms with Gasteiger partial charge in [0.05, 0.1) is 0 Å². The van der Waals surface area contributed by atoms with Gasteiger partial charge in [0.2, 0.25) is 0 Å². The van der Waals surface area contributed by atoms with Gasteiger partial charge in [0.25, 0.3) is 0 Å². The first-order valence-electron chi connectivity index (χ1n) is 4.23.